The minimum atomic E-state index is -0.161. The van der Waals surface area contributed by atoms with Gasteiger partial charge in [0.15, 0.2) is 0 Å². The molecule has 0 atom stereocenters. The van der Waals surface area contributed by atoms with Gasteiger partial charge in [0, 0.05) is 0 Å². The predicted octanol–water partition coefficient (Wildman–Crippen LogP) is 6.18. The third-order valence-electron chi connectivity index (χ3n) is 4.20. The maximum Gasteiger partial charge on any atom is 0.338 e. The van der Waals surface area contributed by atoms with Crippen molar-refractivity contribution in [2.24, 2.45) is 5.92 Å². The normalized spacial score (nSPS) is 11.0. The molecule has 0 amide bonds. The molecular weight excluding hydrogens is 284 g/mol. The molecule has 1 rings (SSSR count). The van der Waals surface area contributed by atoms with Crippen LogP contribution in [0, 0.1) is 5.92 Å². The second-order valence-electron chi connectivity index (χ2n) is 6.85. The van der Waals surface area contributed by atoms with Crippen LogP contribution in [0.15, 0.2) is 24.3 Å². The van der Waals surface area contributed by atoms with Gasteiger partial charge in [0.1, 0.15) is 0 Å². The van der Waals surface area contributed by atoms with Crippen molar-refractivity contribution in [3.05, 3.63) is 35.4 Å². The molecule has 0 aliphatic heterocycles. The summed E-state index contributed by atoms with van der Waals surface area (Å²) < 4.78 is 5.35. The van der Waals surface area contributed by atoms with Crippen LogP contribution in [0.2, 0.25) is 0 Å². The summed E-state index contributed by atoms with van der Waals surface area (Å²) in [5.41, 5.74) is 1.89. The van der Waals surface area contributed by atoms with Gasteiger partial charge >= 0.3 is 5.97 Å². The number of unbranched alkanes of at least 4 members (excludes halogenated alkanes) is 5. The molecule has 0 N–H and O–H groups in total. The van der Waals surface area contributed by atoms with Gasteiger partial charge in [-0.2, -0.15) is 0 Å². The van der Waals surface area contributed by atoms with E-state index < -0.39 is 0 Å². The molecule has 0 aliphatic carbocycles. The van der Waals surface area contributed by atoms with Gasteiger partial charge in [-0.15, -0.1) is 0 Å². The molecular formula is C21H34O2. The summed E-state index contributed by atoms with van der Waals surface area (Å²) in [4.78, 5) is 12.2. The van der Waals surface area contributed by atoms with E-state index in [-0.39, 0.29) is 5.97 Å². The third-order valence-corrected chi connectivity index (χ3v) is 4.20. The van der Waals surface area contributed by atoms with Crippen molar-refractivity contribution in [2.45, 2.75) is 78.6 Å². The summed E-state index contributed by atoms with van der Waals surface area (Å²) in [6.07, 6.45) is 10.7. The molecule has 0 fully saturated rings. The highest BCUT2D eigenvalue weighted by Crippen LogP contribution is 2.16. The van der Waals surface area contributed by atoms with Gasteiger partial charge in [-0.25, -0.2) is 4.79 Å². The van der Waals surface area contributed by atoms with E-state index in [1.165, 1.54) is 32.1 Å². The van der Waals surface area contributed by atoms with Gasteiger partial charge in [0.25, 0.3) is 0 Å². The van der Waals surface area contributed by atoms with Gasteiger partial charge in [-0.05, 0) is 36.8 Å². The van der Waals surface area contributed by atoms with Gasteiger partial charge in [0.2, 0.25) is 0 Å². The first-order valence-electron chi connectivity index (χ1n) is 9.40. The lowest BCUT2D eigenvalue weighted by atomic mass is 9.99. The van der Waals surface area contributed by atoms with Crippen molar-refractivity contribution in [3.63, 3.8) is 0 Å². The van der Waals surface area contributed by atoms with Gasteiger partial charge in [0.05, 0.1) is 12.2 Å². The Morgan fingerprint density at radius 3 is 2.43 bits per heavy atom. The van der Waals surface area contributed by atoms with Gasteiger partial charge in [-0.3, -0.25) is 0 Å². The molecule has 23 heavy (non-hydrogen) atoms. The van der Waals surface area contributed by atoms with Crippen LogP contribution in [-0.4, -0.2) is 12.6 Å². The molecule has 1 aromatic rings. The monoisotopic (exact) mass is 318 g/mol. The summed E-state index contributed by atoms with van der Waals surface area (Å²) in [5, 5.41) is 0. The fourth-order valence-corrected chi connectivity index (χ4v) is 2.72. The Morgan fingerprint density at radius 2 is 1.70 bits per heavy atom. The number of hydrogen-bond acceptors (Lipinski definition) is 2. The Labute approximate surface area is 142 Å². The average molecular weight is 319 g/mol. The first-order valence-corrected chi connectivity index (χ1v) is 9.40. The molecule has 1 aromatic carbocycles. The molecule has 0 unspecified atom stereocenters. The van der Waals surface area contributed by atoms with Crippen LogP contribution < -0.4 is 0 Å². The van der Waals surface area contributed by atoms with Crippen LogP contribution in [0.25, 0.3) is 0 Å². The van der Waals surface area contributed by atoms with Crippen molar-refractivity contribution < 1.29 is 9.53 Å². The molecule has 0 bridgehead atoms. The zero-order chi connectivity index (χ0) is 16.9. The quantitative estimate of drug-likeness (QED) is 0.339. The zero-order valence-electron chi connectivity index (χ0n) is 15.3. The molecule has 0 aliphatic rings. The molecule has 0 radical (unpaired) electrons. The number of ether oxygens (including phenoxy) is 1. The summed E-state index contributed by atoms with van der Waals surface area (Å²) in [5.74, 6) is 0.659. The number of rotatable bonds is 12. The highest BCUT2D eigenvalue weighted by Gasteiger charge is 2.11. The highest BCUT2D eigenvalue weighted by atomic mass is 16.5. The summed E-state index contributed by atoms with van der Waals surface area (Å²) >= 11 is 0. The topological polar surface area (TPSA) is 26.3 Å². The van der Waals surface area contributed by atoms with Crippen molar-refractivity contribution in [1.82, 2.24) is 0 Å². The maximum atomic E-state index is 12.2. The van der Waals surface area contributed by atoms with Crippen LogP contribution in [0.4, 0.5) is 0 Å². The van der Waals surface area contributed by atoms with Gasteiger partial charge < -0.3 is 4.74 Å². The lowest BCUT2D eigenvalue weighted by molar-refractivity contribution is 0.0498. The second kappa shape index (κ2) is 12.2. The number of carbonyl (C=O) groups excluding carboxylic acids is 1. The van der Waals surface area contributed by atoms with E-state index in [2.05, 4.69) is 26.8 Å². The first kappa shape index (κ1) is 19.7. The fraction of sp³-hybridized carbons (Fsp3) is 0.667. The number of hydrogen-bond donors (Lipinski definition) is 0. The molecule has 0 heterocycles. The Hall–Kier alpha value is -1.31. The van der Waals surface area contributed by atoms with Crippen molar-refractivity contribution in [2.75, 3.05) is 6.61 Å². The predicted molar refractivity (Wildman–Crippen MR) is 97.9 cm³/mol. The van der Waals surface area contributed by atoms with Crippen LogP contribution in [-0.2, 0) is 11.2 Å². The molecule has 0 aromatic heterocycles. The summed E-state index contributed by atoms with van der Waals surface area (Å²) in [6.45, 7) is 7.20. The average Bonchev–Trinajstić information content (AvgIpc) is 2.54. The van der Waals surface area contributed by atoms with Crippen LogP contribution in [0.1, 0.15) is 88.1 Å². The Bertz CT molecular complexity index is 437. The van der Waals surface area contributed by atoms with Gasteiger partial charge in [-0.1, -0.05) is 77.5 Å². The lowest BCUT2D eigenvalue weighted by Crippen LogP contribution is -2.09. The summed E-state index contributed by atoms with van der Waals surface area (Å²) in [7, 11) is 0. The van der Waals surface area contributed by atoms with Crippen molar-refractivity contribution in [3.8, 4) is 0 Å². The molecule has 130 valence electrons. The number of esters is 1. The van der Waals surface area contributed by atoms with Crippen molar-refractivity contribution >= 4 is 5.97 Å². The van der Waals surface area contributed by atoms with E-state index in [0.29, 0.717) is 6.61 Å². The maximum absolute atomic E-state index is 12.2. The van der Waals surface area contributed by atoms with Crippen LogP contribution >= 0.6 is 0 Å². The first-order chi connectivity index (χ1) is 11.1. The minimum Gasteiger partial charge on any atom is -0.462 e. The highest BCUT2D eigenvalue weighted by molar-refractivity contribution is 5.91. The molecule has 0 saturated heterocycles. The van der Waals surface area contributed by atoms with E-state index in [9.17, 15) is 4.79 Å². The molecule has 2 nitrogen and oxygen atoms in total. The van der Waals surface area contributed by atoms with Crippen LogP contribution in [0.5, 0.6) is 0 Å². The molecule has 2 heteroatoms. The Kier molecular flexibility index (Phi) is 10.4. The smallest absolute Gasteiger partial charge is 0.338 e. The molecule has 0 saturated carbocycles. The number of aryl methyl sites for hydroxylation is 1. The second-order valence-corrected chi connectivity index (χ2v) is 6.85. The fourth-order valence-electron chi connectivity index (χ4n) is 2.72. The number of carbonyl (C=O) groups is 1. The molecule has 0 spiro atoms. The third kappa shape index (κ3) is 8.78. The van der Waals surface area contributed by atoms with E-state index >= 15 is 0 Å². The van der Waals surface area contributed by atoms with Crippen molar-refractivity contribution in [1.29, 1.82) is 0 Å². The SMILES string of the molecule is CCCCOC(=O)c1ccccc1CCCCCCCC(C)C. The Morgan fingerprint density at radius 1 is 1.00 bits per heavy atom. The summed E-state index contributed by atoms with van der Waals surface area (Å²) in [6, 6.07) is 7.90. The standard InChI is InChI=1S/C21H34O2/c1-4-5-17-23-21(22)20-16-12-11-15-19(20)14-10-8-6-7-9-13-18(2)3/h11-12,15-16,18H,4-10,13-14,17H2,1-3H3. The van der Waals surface area contributed by atoms with E-state index in [1.807, 2.05) is 18.2 Å². The number of benzene rings is 1. The van der Waals surface area contributed by atoms with Crippen LogP contribution in [0.3, 0.4) is 0 Å². The van der Waals surface area contributed by atoms with E-state index in [0.717, 1.165) is 42.7 Å². The minimum absolute atomic E-state index is 0.161. The largest absolute Gasteiger partial charge is 0.462 e. The Balaban J connectivity index is 2.32. The zero-order valence-corrected chi connectivity index (χ0v) is 15.3. The lowest BCUT2D eigenvalue weighted by Gasteiger charge is -2.09. The van der Waals surface area contributed by atoms with E-state index in [1.54, 1.807) is 0 Å². The van der Waals surface area contributed by atoms with E-state index in [4.69, 9.17) is 4.74 Å².